The van der Waals surface area contributed by atoms with Gasteiger partial charge < -0.3 is 10.2 Å². The highest BCUT2D eigenvalue weighted by atomic mass is 32.2. The van der Waals surface area contributed by atoms with Crippen LogP contribution in [0.15, 0.2) is 0 Å². The van der Waals surface area contributed by atoms with Crippen molar-refractivity contribution in [1.82, 2.24) is 0 Å². The van der Waals surface area contributed by atoms with E-state index in [2.05, 4.69) is 6.92 Å². The Hall–Kier alpha value is 0.0700. The molecule has 0 aromatic carbocycles. The zero-order valence-electron chi connectivity index (χ0n) is 12.4. The molecule has 0 saturated carbocycles. The number of aliphatic hydroxyl groups excluding tert-OH is 2. The Bertz CT molecular complexity index is 172. The fourth-order valence-corrected chi connectivity index (χ4v) is 2.05. The van der Waals surface area contributed by atoms with E-state index in [0.717, 1.165) is 12.2 Å². The van der Waals surface area contributed by atoms with E-state index in [1.807, 2.05) is 0 Å². The monoisotopic (exact) mass is 280 g/mol. The van der Waals surface area contributed by atoms with Gasteiger partial charge in [0.1, 0.15) is 0 Å². The molecule has 0 bridgehead atoms. The van der Waals surface area contributed by atoms with Crippen LogP contribution < -0.4 is 0 Å². The number of unbranched alkanes of at least 4 members (excludes halogenated alkanes) is 7. The van der Waals surface area contributed by atoms with Crippen LogP contribution in [0.2, 0.25) is 0 Å². The first-order chi connectivity index (χ1) is 8.54. The summed E-state index contributed by atoms with van der Waals surface area (Å²) in [4.78, 5) is 0. The van der Waals surface area contributed by atoms with Gasteiger partial charge in [-0.1, -0.05) is 51.9 Å². The molecule has 4 heteroatoms. The Labute approximate surface area is 115 Å². The summed E-state index contributed by atoms with van der Waals surface area (Å²) in [7, 11) is -0.576. The first-order valence-corrected chi connectivity index (χ1v) is 8.86. The van der Waals surface area contributed by atoms with Gasteiger partial charge in [-0.05, 0) is 13.3 Å². The van der Waals surface area contributed by atoms with Crippen LogP contribution in [0.4, 0.5) is 0 Å². The van der Waals surface area contributed by atoms with E-state index in [1.165, 1.54) is 51.9 Å². The third-order valence-electron chi connectivity index (χ3n) is 2.55. The topological polar surface area (TPSA) is 57.5 Å². The van der Waals surface area contributed by atoms with Gasteiger partial charge in [-0.2, -0.15) is 0 Å². The Balaban J connectivity index is 0. The van der Waals surface area contributed by atoms with Gasteiger partial charge in [0.05, 0.1) is 12.7 Å². The molecule has 0 spiro atoms. The van der Waals surface area contributed by atoms with Crippen LogP contribution in [0.3, 0.4) is 0 Å². The quantitative estimate of drug-likeness (QED) is 0.605. The van der Waals surface area contributed by atoms with Crippen molar-refractivity contribution in [1.29, 1.82) is 0 Å². The predicted octanol–water partition coefficient (Wildman–Crippen LogP) is 2.87. The summed E-state index contributed by atoms with van der Waals surface area (Å²) in [6.45, 7) is 3.64. The van der Waals surface area contributed by atoms with Gasteiger partial charge in [-0.3, -0.25) is 4.21 Å². The van der Waals surface area contributed by atoms with Crippen LogP contribution in [-0.2, 0) is 10.8 Å². The molecule has 2 unspecified atom stereocenters. The van der Waals surface area contributed by atoms with Gasteiger partial charge in [0.2, 0.25) is 0 Å². The fraction of sp³-hybridized carbons (Fsp3) is 1.00. The summed E-state index contributed by atoms with van der Waals surface area (Å²) in [5.41, 5.74) is 0. The van der Waals surface area contributed by atoms with Gasteiger partial charge in [0.25, 0.3) is 0 Å². The maximum Gasteiger partial charge on any atom is 0.0742 e. The van der Waals surface area contributed by atoms with Crippen molar-refractivity contribution in [2.45, 2.75) is 71.3 Å². The molecule has 3 nitrogen and oxygen atoms in total. The van der Waals surface area contributed by atoms with Crippen molar-refractivity contribution in [2.24, 2.45) is 0 Å². The predicted molar refractivity (Wildman–Crippen MR) is 80.3 cm³/mol. The van der Waals surface area contributed by atoms with Crippen LogP contribution in [0.5, 0.6) is 0 Å². The van der Waals surface area contributed by atoms with Crippen LogP contribution in [0, 0.1) is 0 Å². The SMILES string of the molecule is CC(O)CO.CCCCCCCCCCS(C)=O. The van der Waals surface area contributed by atoms with Gasteiger partial charge in [0, 0.05) is 22.8 Å². The van der Waals surface area contributed by atoms with E-state index < -0.39 is 16.9 Å². The van der Waals surface area contributed by atoms with Crippen LogP contribution in [-0.4, -0.2) is 39.1 Å². The van der Waals surface area contributed by atoms with E-state index in [-0.39, 0.29) is 6.61 Å². The Kier molecular flexibility index (Phi) is 19.3. The molecule has 0 radical (unpaired) electrons. The van der Waals surface area contributed by atoms with Crippen molar-refractivity contribution in [3.8, 4) is 0 Å². The van der Waals surface area contributed by atoms with E-state index in [1.54, 1.807) is 6.26 Å². The maximum atomic E-state index is 10.7. The summed E-state index contributed by atoms with van der Waals surface area (Å²) in [5.74, 6) is 0.898. The zero-order chi connectivity index (χ0) is 14.2. The molecule has 112 valence electrons. The van der Waals surface area contributed by atoms with Crippen LogP contribution in [0.25, 0.3) is 0 Å². The molecule has 2 N–H and O–H groups in total. The molecule has 0 rings (SSSR count). The number of rotatable bonds is 10. The minimum absolute atomic E-state index is 0.139. The van der Waals surface area contributed by atoms with Gasteiger partial charge in [-0.25, -0.2) is 0 Å². The fourth-order valence-electron chi connectivity index (χ4n) is 1.44. The van der Waals surface area contributed by atoms with Crippen molar-refractivity contribution < 1.29 is 14.4 Å². The highest BCUT2D eigenvalue weighted by molar-refractivity contribution is 7.84. The highest BCUT2D eigenvalue weighted by Crippen LogP contribution is 2.08. The lowest BCUT2D eigenvalue weighted by molar-refractivity contribution is 0.110. The summed E-state index contributed by atoms with van der Waals surface area (Å²) in [5, 5.41) is 16.0. The van der Waals surface area contributed by atoms with E-state index in [9.17, 15) is 4.21 Å². The first-order valence-electron chi connectivity index (χ1n) is 7.13. The Morgan fingerprint density at radius 1 is 1.00 bits per heavy atom. The second-order valence-corrected chi connectivity index (χ2v) is 6.34. The lowest BCUT2D eigenvalue weighted by Gasteiger charge is -2.00. The summed E-state index contributed by atoms with van der Waals surface area (Å²) >= 11 is 0. The Morgan fingerprint density at radius 3 is 1.72 bits per heavy atom. The largest absolute Gasteiger partial charge is 0.394 e. The van der Waals surface area contributed by atoms with Crippen LogP contribution >= 0.6 is 0 Å². The molecule has 0 saturated heterocycles. The van der Waals surface area contributed by atoms with Gasteiger partial charge in [0.15, 0.2) is 0 Å². The van der Waals surface area contributed by atoms with Crippen molar-refractivity contribution >= 4 is 10.8 Å². The van der Waals surface area contributed by atoms with E-state index >= 15 is 0 Å². The molecule has 0 aliphatic carbocycles. The van der Waals surface area contributed by atoms with Crippen molar-refractivity contribution in [2.75, 3.05) is 18.6 Å². The summed E-state index contributed by atoms with van der Waals surface area (Å²) in [6, 6.07) is 0. The molecule has 0 amide bonds. The van der Waals surface area contributed by atoms with Crippen molar-refractivity contribution in [3.63, 3.8) is 0 Å². The third-order valence-corrected chi connectivity index (χ3v) is 3.41. The lowest BCUT2D eigenvalue weighted by Crippen LogP contribution is -2.03. The number of aliphatic hydroxyl groups is 2. The normalized spacial score (nSPS) is 13.6. The van der Waals surface area contributed by atoms with Gasteiger partial charge in [-0.15, -0.1) is 0 Å². The maximum absolute atomic E-state index is 10.7. The third kappa shape index (κ3) is 25.1. The average molecular weight is 280 g/mol. The molecule has 0 fully saturated rings. The number of hydrogen-bond acceptors (Lipinski definition) is 3. The molecule has 0 aromatic rings. The average Bonchev–Trinajstić information content (AvgIpc) is 2.33. The van der Waals surface area contributed by atoms with Gasteiger partial charge >= 0.3 is 0 Å². The second-order valence-electron chi connectivity index (χ2n) is 4.78. The minimum Gasteiger partial charge on any atom is -0.394 e. The zero-order valence-corrected chi connectivity index (χ0v) is 13.2. The Morgan fingerprint density at radius 2 is 1.39 bits per heavy atom. The summed E-state index contributed by atoms with van der Waals surface area (Å²) < 4.78 is 10.7. The summed E-state index contributed by atoms with van der Waals surface area (Å²) in [6.07, 6.45) is 11.9. The van der Waals surface area contributed by atoms with Crippen molar-refractivity contribution in [3.05, 3.63) is 0 Å². The standard InChI is InChI=1S/C11H24OS.C3H8O2/c1-3-4-5-6-7-8-9-10-11-13(2)12;1-3(5)2-4/h3-11H2,1-2H3;3-5H,2H2,1H3. The lowest BCUT2D eigenvalue weighted by atomic mass is 10.1. The molecule has 18 heavy (non-hydrogen) atoms. The molecule has 0 heterocycles. The molecule has 2 atom stereocenters. The molecular weight excluding hydrogens is 248 g/mol. The molecule has 0 aliphatic heterocycles. The van der Waals surface area contributed by atoms with E-state index in [0.29, 0.717) is 0 Å². The molecule has 0 aromatic heterocycles. The second kappa shape index (κ2) is 17.1. The van der Waals surface area contributed by atoms with Crippen LogP contribution in [0.1, 0.15) is 65.2 Å². The minimum atomic E-state index is -0.576. The smallest absolute Gasteiger partial charge is 0.0742 e. The first kappa shape index (κ1) is 20.4. The highest BCUT2D eigenvalue weighted by Gasteiger charge is 1.93. The van der Waals surface area contributed by atoms with E-state index in [4.69, 9.17) is 10.2 Å². The molecule has 0 aliphatic rings. The number of hydrogen-bond donors (Lipinski definition) is 2. The molecular formula is C14H32O3S.